The maximum absolute atomic E-state index is 12.4. The summed E-state index contributed by atoms with van der Waals surface area (Å²) in [5.74, 6) is 0.520. The number of nitrogens with one attached hydrogen (secondary N) is 1. The Morgan fingerprint density at radius 3 is 2.73 bits per heavy atom. The van der Waals surface area contributed by atoms with Crippen LogP contribution in [0.25, 0.3) is 0 Å². The van der Waals surface area contributed by atoms with Gasteiger partial charge in [0.2, 0.25) is 5.91 Å². The van der Waals surface area contributed by atoms with E-state index in [9.17, 15) is 4.79 Å². The first-order valence-corrected chi connectivity index (χ1v) is 9.02. The van der Waals surface area contributed by atoms with Gasteiger partial charge in [-0.3, -0.25) is 9.48 Å². The summed E-state index contributed by atoms with van der Waals surface area (Å²) in [7, 11) is 0. The molecule has 2 heterocycles. The van der Waals surface area contributed by atoms with E-state index in [1.807, 2.05) is 24.3 Å². The molecule has 1 atom stereocenters. The van der Waals surface area contributed by atoms with Crippen molar-refractivity contribution in [3.05, 3.63) is 58.0 Å². The molecule has 0 saturated carbocycles. The van der Waals surface area contributed by atoms with E-state index in [0.29, 0.717) is 16.4 Å². The summed E-state index contributed by atoms with van der Waals surface area (Å²) in [6.07, 6.45) is 4.90. The van der Waals surface area contributed by atoms with E-state index < -0.39 is 6.04 Å². The van der Waals surface area contributed by atoms with Gasteiger partial charge in [0.25, 0.3) is 0 Å². The number of carbonyl (C=O) groups excluding carboxylic acids is 1. The van der Waals surface area contributed by atoms with Crippen molar-refractivity contribution in [1.82, 2.24) is 19.6 Å². The van der Waals surface area contributed by atoms with E-state index in [0.717, 1.165) is 10.2 Å². The molecule has 9 heteroatoms. The Morgan fingerprint density at radius 2 is 2.08 bits per heavy atom. The van der Waals surface area contributed by atoms with Gasteiger partial charge in [0.1, 0.15) is 11.8 Å². The van der Waals surface area contributed by atoms with Crippen molar-refractivity contribution in [2.45, 2.75) is 26.6 Å². The van der Waals surface area contributed by atoms with Crippen molar-refractivity contribution >= 4 is 39.1 Å². The Hall–Kier alpha value is -2.32. The highest BCUT2D eigenvalue weighted by Gasteiger charge is 2.17. The number of aromatic nitrogens is 4. The molecule has 26 heavy (non-hydrogen) atoms. The Balaban J connectivity index is 1.57. The van der Waals surface area contributed by atoms with Crippen LogP contribution in [0.4, 0.5) is 5.69 Å². The van der Waals surface area contributed by atoms with Gasteiger partial charge in [-0.1, -0.05) is 27.5 Å². The molecule has 7 nitrogen and oxygen atoms in total. The lowest BCUT2D eigenvalue weighted by atomic mass is 10.3. The second-order valence-electron chi connectivity index (χ2n) is 5.70. The van der Waals surface area contributed by atoms with Crippen molar-refractivity contribution < 1.29 is 9.53 Å². The van der Waals surface area contributed by atoms with Gasteiger partial charge >= 0.3 is 0 Å². The highest BCUT2D eigenvalue weighted by atomic mass is 79.9. The monoisotopic (exact) mass is 437 g/mol. The molecule has 1 aromatic carbocycles. The van der Waals surface area contributed by atoms with Crippen LogP contribution in [0.5, 0.6) is 5.75 Å². The molecule has 0 aliphatic rings. The maximum Gasteiger partial charge on any atom is 0.249 e. The molecule has 0 fully saturated rings. The fourth-order valence-electron chi connectivity index (χ4n) is 2.19. The number of rotatable bonds is 6. The van der Waals surface area contributed by atoms with E-state index in [1.165, 1.54) is 4.68 Å². The summed E-state index contributed by atoms with van der Waals surface area (Å²) in [6, 6.07) is 7.01. The van der Waals surface area contributed by atoms with Crippen LogP contribution < -0.4 is 10.1 Å². The van der Waals surface area contributed by atoms with E-state index in [2.05, 4.69) is 31.4 Å². The van der Waals surface area contributed by atoms with Gasteiger partial charge in [0.15, 0.2) is 6.73 Å². The molecule has 0 aliphatic carbocycles. The number of halogens is 2. The predicted octanol–water partition coefficient (Wildman–Crippen LogP) is 4.04. The number of benzene rings is 1. The van der Waals surface area contributed by atoms with Gasteiger partial charge in [-0.15, -0.1) is 0 Å². The van der Waals surface area contributed by atoms with E-state index in [1.54, 1.807) is 37.1 Å². The average molecular weight is 439 g/mol. The first-order valence-electron chi connectivity index (χ1n) is 7.85. The fraction of sp³-hybridized carbons (Fsp3) is 0.235. The minimum absolute atomic E-state index is 0.211. The number of hydrogen-bond donors (Lipinski definition) is 1. The van der Waals surface area contributed by atoms with Crippen LogP contribution in [0.3, 0.4) is 0 Å². The zero-order valence-electron chi connectivity index (χ0n) is 14.2. The lowest BCUT2D eigenvalue weighted by Crippen LogP contribution is -2.24. The van der Waals surface area contributed by atoms with Crippen molar-refractivity contribution in [3.8, 4) is 5.75 Å². The number of anilines is 1. The molecule has 0 spiro atoms. The molecule has 0 saturated heterocycles. The maximum atomic E-state index is 12.4. The first-order chi connectivity index (χ1) is 12.4. The average Bonchev–Trinajstić information content (AvgIpc) is 3.20. The number of aryl methyl sites for hydroxylation is 1. The predicted molar refractivity (Wildman–Crippen MR) is 102 cm³/mol. The second-order valence-corrected chi connectivity index (χ2v) is 7.03. The van der Waals surface area contributed by atoms with Gasteiger partial charge in [0.05, 0.1) is 28.8 Å². The van der Waals surface area contributed by atoms with Crippen LogP contribution in [-0.2, 0) is 11.5 Å². The van der Waals surface area contributed by atoms with E-state index >= 15 is 0 Å². The van der Waals surface area contributed by atoms with Gasteiger partial charge in [-0.25, -0.2) is 4.68 Å². The molecular formula is C17H17BrClN5O2. The molecule has 0 bridgehead atoms. The standard InChI is InChI=1S/C17H17BrClN5O2/c1-11-16(19)9-24(22-11)12(2)17(25)21-14-7-20-23(8-14)10-26-15-5-3-13(18)4-6-15/h3-9,12H,10H2,1-2H3,(H,21,25). The molecule has 0 aliphatic heterocycles. The largest absolute Gasteiger partial charge is 0.471 e. The second kappa shape index (κ2) is 7.92. The molecule has 3 aromatic rings. The van der Waals surface area contributed by atoms with Crippen LogP contribution in [0, 0.1) is 6.92 Å². The topological polar surface area (TPSA) is 74.0 Å². The third-order valence-electron chi connectivity index (χ3n) is 3.71. The highest BCUT2D eigenvalue weighted by Crippen LogP contribution is 2.18. The molecule has 0 radical (unpaired) electrons. The van der Waals surface area contributed by atoms with Gasteiger partial charge < -0.3 is 10.1 Å². The van der Waals surface area contributed by atoms with Crippen LogP contribution in [-0.4, -0.2) is 25.5 Å². The molecule has 2 aromatic heterocycles. The lowest BCUT2D eigenvalue weighted by Gasteiger charge is -2.11. The highest BCUT2D eigenvalue weighted by molar-refractivity contribution is 9.10. The first kappa shape index (κ1) is 18.5. The van der Waals surface area contributed by atoms with Crippen LogP contribution in [0.1, 0.15) is 18.7 Å². The molecular weight excluding hydrogens is 422 g/mol. The van der Waals surface area contributed by atoms with Gasteiger partial charge in [-0.2, -0.15) is 10.2 Å². The van der Waals surface area contributed by atoms with Crippen molar-refractivity contribution in [1.29, 1.82) is 0 Å². The summed E-state index contributed by atoms with van der Waals surface area (Å²) in [5, 5.41) is 11.7. The van der Waals surface area contributed by atoms with Crippen LogP contribution in [0.2, 0.25) is 5.02 Å². The summed E-state index contributed by atoms with van der Waals surface area (Å²) in [5.41, 5.74) is 1.26. The summed E-state index contributed by atoms with van der Waals surface area (Å²) < 4.78 is 9.75. The number of nitrogens with zero attached hydrogens (tertiary/aromatic N) is 4. The van der Waals surface area contributed by atoms with Crippen molar-refractivity contribution in [3.63, 3.8) is 0 Å². The Morgan fingerprint density at radius 1 is 1.35 bits per heavy atom. The molecule has 1 unspecified atom stereocenters. The summed E-state index contributed by atoms with van der Waals surface area (Å²) in [4.78, 5) is 12.4. The van der Waals surface area contributed by atoms with E-state index in [-0.39, 0.29) is 12.6 Å². The van der Waals surface area contributed by atoms with Gasteiger partial charge in [0, 0.05) is 10.7 Å². The number of ether oxygens (including phenoxy) is 1. The van der Waals surface area contributed by atoms with E-state index in [4.69, 9.17) is 16.3 Å². The minimum atomic E-state index is -0.497. The van der Waals surface area contributed by atoms with Gasteiger partial charge in [-0.05, 0) is 38.1 Å². The Kier molecular flexibility index (Phi) is 5.63. The SMILES string of the molecule is Cc1nn(C(C)C(=O)Nc2cnn(COc3ccc(Br)cc3)c2)cc1Cl. The quantitative estimate of drug-likeness (QED) is 0.630. The number of carbonyl (C=O) groups is 1. The summed E-state index contributed by atoms with van der Waals surface area (Å²) >= 11 is 9.37. The van der Waals surface area contributed by atoms with Crippen LogP contribution >= 0.6 is 27.5 Å². The molecule has 1 N–H and O–H groups in total. The Labute approximate surface area is 164 Å². The van der Waals surface area contributed by atoms with Crippen LogP contribution in [0.15, 0.2) is 47.3 Å². The Bertz CT molecular complexity index is 887. The third-order valence-corrected chi connectivity index (χ3v) is 4.61. The zero-order chi connectivity index (χ0) is 18.7. The molecule has 1 amide bonds. The van der Waals surface area contributed by atoms with Crippen molar-refractivity contribution in [2.24, 2.45) is 0 Å². The number of hydrogen-bond acceptors (Lipinski definition) is 4. The molecule has 136 valence electrons. The normalized spacial score (nSPS) is 12.0. The lowest BCUT2D eigenvalue weighted by molar-refractivity contribution is -0.119. The van der Waals surface area contributed by atoms with Crippen molar-refractivity contribution in [2.75, 3.05) is 5.32 Å². The fourth-order valence-corrected chi connectivity index (χ4v) is 2.60. The number of amides is 1. The molecule has 3 rings (SSSR count). The third kappa shape index (κ3) is 4.44. The smallest absolute Gasteiger partial charge is 0.249 e. The summed E-state index contributed by atoms with van der Waals surface area (Å²) in [6.45, 7) is 3.78. The minimum Gasteiger partial charge on any atom is -0.471 e. The zero-order valence-corrected chi connectivity index (χ0v) is 16.5.